The van der Waals surface area contributed by atoms with Crippen LogP contribution in [0.5, 0.6) is 5.75 Å². The Kier molecular flexibility index (Phi) is 4.85. The van der Waals surface area contributed by atoms with Crippen LogP contribution in [0.4, 0.5) is 0 Å². The van der Waals surface area contributed by atoms with Gasteiger partial charge in [-0.05, 0) is 36.0 Å². The summed E-state index contributed by atoms with van der Waals surface area (Å²) in [5, 5.41) is 0.990. The monoisotopic (exact) mass is 284 g/mol. The van der Waals surface area contributed by atoms with Crippen LogP contribution in [0.15, 0.2) is 18.2 Å². The standard InChI is InChI=1S/C14H21BrO/c1-11-6-7-12(14(2,3)4)13(10-11)16-9-5-8-15/h6-7,10H,5,8-9H2,1-4H3. The van der Waals surface area contributed by atoms with Gasteiger partial charge in [0.2, 0.25) is 0 Å². The van der Waals surface area contributed by atoms with Gasteiger partial charge in [-0.15, -0.1) is 0 Å². The Labute approximate surface area is 107 Å². The maximum absolute atomic E-state index is 5.85. The normalized spacial score (nSPS) is 11.6. The molecule has 90 valence electrons. The van der Waals surface area contributed by atoms with Crippen molar-refractivity contribution in [2.45, 2.75) is 39.5 Å². The molecule has 0 aromatic heterocycles. The van der Waals surface area contributed by atoms with Crippen LogP contribution in [0.3, 0.4) is 0 Å². The van der Waals surface area contributed by atoms with Crippen molar-refractivity contribution in [1.29, 1.82) is 0 Å². The summed E-state index contributed by atoms with van der Waals surface area (Å²) in [5.74, 6) is 1.04. The fourth-order valence-corrected chi connectivity index (χ4v) is 1.83. The Morgan fingerprint density at radius 3 is 2.50 bits per heavy atom. The quantitative estimate of drug-likeness (QED) is 0.586. The van der Waals surface area contributed by atoms with Crippen molar-refractivity contribution in [2.75, 3.05) is 11.9 Å². The summed E-state index contributed by atoms with van der Waals surface area (Å²) in [6, 6.07) is 6.46. The Balaban J connectivity index is 2.90. The van der Waals surface area contributed by atoms with Crippen molar-refractivity contribution < 1.29 is 4.74 Å². The van der Waals surface area contributed by atoms with E-state index in [0.29, 0.717) is 0 Å². The summed E-state index contributed by atoms with van der Waals surface area (Å²) >= 11 is 3.42. The highest BCUT2D eigenvalue weighted by molar-refractivity contribution is 9.09. The van der Waals surface area contributed by atoms with Gasteiger partial charge in [0.25, 0.3) is 0 Å². The number of rotatable bonds is 4. The molecular weight excluding hydrogens is 264 g/mol. The Hall–Kier alpha value is -0.500. The minimum Gasteiger partial charge on any atom is -0.493 e. The van der Waals surface area contributed by atoms with E-state index in [2.05, 4.69) is 61.8 Å². The zero-order valence-corrected chi connectivity index (χ0v) is 12.2. The summed E-state index contributed by atoms with van der Waals surface area (Å²) in [6.45, 7) is 9.53. The zero-order chi connectivity index (χ0) is 12.2. The molecule has 1 nitrogen and oxygen atoms in total. The molecule has 0 aliphatic heterocycles. The number of alkyl halides is 1. The summed E-state index contributed by atoms with van der Waals surface area (Å²) in [7, 11) is 0. The summed E-state index contributed by atoms with van der Waals surface area (Å²) in [5.41, 5.74) is 2.67. The van der Waals surface area contributed by atoms with E-state index in [1.165, 1.54) is 11.1 Å². The zero-order valence-electron chi connectivity index (χ0n) is 10.6. The summed E-state index contributed by atoms with van der Waals surface area (Å²) in [4.78, 5) is 0. The molecule has 0 saturated carbocycles. The van der Waals surface area contributed by atoms with Gasteiger partial charge >= 0.3 is 0 Å². The molecule has 2 heteroatoms. The second kappa shape index (κ2) is 5.72. The maximum atomic E-state index is 5.85. The molecule has 0 amide bonds. The molecule has 0 saturated heterocycles. The molecule has 0 aliphatic carbocycles. The smallest absolute Gasteiger partial charge is 0.123 e. The third kappa shape index (κ3) is 3.82. The van der Waals surface area contributed by atoms with Crippen LogP contribution in [-0.2, 0) is 5.41 Å². The first-order valence-electron chi connectivity index (χ1n) is 5.75. The van der Waals surface area contributed by atoms with E-state index in [1.54, 1.807) is 0 Å². The fourth-order valence-electron chi connectivity index (χ4n) is 1.61. The van der Waals surface area contributed by atoms with Crippen LogP contribution in [-0.4, -0.2) is 11.9 Å². The first kappa shape index (κ1) is 13.6. The highest BCUT2D eigenvalue weighted by atomic mass is 79.9. The van der Waals surface area contributed by atoms with Crippen LogP contribution < -0.4 is 4.74 Å². The number of hydrogen-bond acceptors (Lipinski definition) is 1. The summed E-state index contributed by atoms with van der Waals surface area (Å²) in [6.07, 6.45) is 1.04. The third-order valence-corrected chi connectivity index (χ3v) is 3.04. The average Bonchev–Trinajstić information content (AvgIpc) is 2.16. The van der Waals surface area contributed by atoms with Crippen LogP contribution in [0, 0.1) is 6.92 Å². The van der Waals surface area contributed by atoms with Gasteiger partial charge < -0.3 is 4.74 Å². The molecule has 0 radical (unpaired) electrons. The molecule has 0 fully saturated rings. The fraction of sp³-hybridized carbons (Fsp3) is 0.571. The van der Waals surface area contributed by atoms with Gasteiger partial charge in [0.1, 0.15) is 5.75 Å². The Morgan fingerprint density at radius 2 is 1.94 bits per heavy atom. The Bertz CT molecular complexity index is 339. The number of aryl methyl sites for hydroxylation is 1. The summed E-state index contributed by atoms with van der Waals surface area (Å²) < 4.78 is 5.85. The lowest BCUT2D eigenvalue weighted by molar-refractivity contribution is 0.310. The molecule has 1 rings (SSSR count). The van der Waals surface area contributed by atoms with E-state index in [0.717, 1.165) is 24.1 Å². The second-order valence-electron chi connectivity index (χ2n) is 5.14. The van der Waals surface area contributed by atoms with Crippen molar-refractivity contribution in [1.82, 2.24) is 0 Å². The Morgan fingerprint density at radius 1 is 1.25 bits per heavy atom. The molecule has 0 spiro atoms. The second-order valence-corrected chi connectivity index (χ2v) is 5.93. The first-order chi connectivity index (χ1) is 7.45. The van der Waals surface area contributed by atoms with Crippen LogP contribution in [0.2, 0.25) is 0 Å². The van der Waals surface area contributed by atoms with Gasteiger partial charge in [-0.1, -0.05) is 48.8 Å². The van der Waals surface area contributed by atoms with Crippen molar-refractivity contribution in [3.8, 4) is 5.75 Å². The van der Waals surface area contributed by atoms with E-state index >= 15 is 0 Å². The van der Waals surface area contributed by atoms with Crippen molar-refractivity contribution in [3.05, 3.63) is 29.3 Å². The topological polar surface area (TPSA) is 9.23 Å². The van der Waals surface area contributed by atoms with Gasteiger partial charge in [-0.2, -0.15) is 0 Å². The molecule has 0 heterocycles. The van der Waals surface area contributed by atoms with E-state index in [1.807, 2.05) is 0 Å². The van der Waals surface area contributed by atoms with Crippen molar-refractivity contribution >= 4 is 15.9 Å². The minimum absolute atomic E-state index is 0.136. The first-order valence-corrected chi connectivity index (χ1v) is 6.87. The molecule has 0 N–H and O–H groups in total. The molecule has 0 atom stereocenters. The van der Waals surface area contributed by atoms with Crippen molar-refractivity contribution in [3.63, 3.8) is 0 Å². The number of hydrogen-bond donors (Lipinski definition) is 0. The van der Waals surface area contributed by atoms with Gasteiger partial charge in [0.05, 0.1) is 6.61 Å². The largest absolute Gasteiger partial charge is 0.493 e. The van der Waals surface area contributed by atoms with E-state index < -0.39 is 0 Å². The highest BCUT2D eigenvalue weighted by Gasteiger charge is 2.18. The predicted octanol–water partition coefficient (Wildman–Crippen LogP) is 4.46. The average molecular weight is 285 g/mol. The van der Waals surface area contributed by atoms with Gasteiger partial charge in [0.15, 0.2) is 0 Å². The molecular formula is C14H21BrO. The molecule has 0 unspecified atom stereocenters. The van der Waals surface area contributed by atoms with Gasteiger partial charge in [-0.25, -0.2) is 0 Å². The third-order valence-electron chi connectivity index (χ3n) is 2.48. The van der Waals surface area contributed by atoms with Gasteiger partial charge in [0, 0.05) is 5.33 Å². The minimum atomic E-state index is 0.136. The number of ether oxygens (including phenoxy) is 1. The SMILES string of the molecule is Cc1ccc(C(C)(C)C)c(OCCCBr)c1. The van der Waals surface area contributed by atoms with Crippen LogP contribution >= 0.6 is 15.9 Å². The van der Waals surface area contributed by atoms with Crippen LogP contribution in [0.1, 0.15) is 38.3 Å². The molecule has 1 aromatic carbocycles. The highest BCUT2D eigenvalue weighted by Crippen LogP contribution is 2.32. The molecule has 16 heavy (non-hydrogen) atoms. The number of benzene rings is 1. The molecule has 0 bridgehead atoms. The van der Waals surface area contributed by atoms with Gasteiger partial charge in [-0.3, -0.25) is 0 Å². The molecule has 0 aliphatic rings. The van der Waals surface area contributed by atoms with E-state index in [4.69, 9.17) is 4.74 Å². The maximum Gasteiger partial charge on any atom is 0.123 e. The predicted molar refractivity (Wildman–Crippen MR) is 73.8 cm³/mol. The lowest BCUT2D eigenvalue weighted by Gasteiger charge is -2.23. The van der Waals surface area contributed by atoms with E-state index in [9.17, 15) is 0 Å². The van der Waals surface area contributed by atoms with Crippen LogP contribution in [0.25, 0.3) is 0 Å². The van der Waals surface area contributed by atoms with Crippen molar-refractivity contribution in [2.24, 2.45) is 0 Å². The molecule has 1 aromatic rings. The number of halogens is 1. The lowest BCUT2D eigenvalue weighted by Crippen LogP contribution is -2.14. The van der Waals surface area contributed by atoms with E-state index in [-0.39, 0.29) is 5.41 Å². The lowest BCUT2D eigenvalue weighted by atomic mass is 9.86.